The molecule has 0 aromatic carbocycles. The van der Waals surface area contributed by atoms with E-state index in [4.69, 9.17) is 9.47 Å². The number of carbonyl (C=O) groups is 1. The third-order valence-corrected chi connectivity index (χ3v) is 1.94. The highest BCUT2D eigenvalue weighted by atomic mass is 16.6. The van der Waals surface area contributed by atoms with E-state index in [2.05, 4.69) is 6.92 Å². The monoisotopic (exact) mass is 230 g/mol. The Kier molecular flexibility index (Phi) is 8.26. The molecular weight excluding hydrogens is 204 g/mol. The molecule has 0 saturated heterocycles. The van der Waals surface area contributed by atoms with E-state index in [0.717, 1.165) is 38.9 Å². The fraction of sp³-hybridized carbons (Fsp3) is 0.923. The van der Waals surface area contributed by atoms with Gasteiger partial charge in [0.25, 0.3) is 0 Å². The van der Waals surface area contributed by atoms with Gasteiger partial charge in [0.15, 0.2) is 0 Å². The Morgan fingerprint density at radius 3 is 2.31 bits per heavy atom. The number of rotatable bonds is 8. The fourth-order valence-corrected chi connectivity index (χ4v) is 1.29. The summed E-state index contributed by atoms with van der Waals surface area (Å²) in [6, 6.07) is 0. The van der Waals surface area contributed by atoms with Crippen molar-refractivity contribution in [1.82, 2.24) is 0 Å². The lowest BCUT2D eigenvalue weighted by Crippen LogP contribution is -2.23. The summed E-state index contributed by atoms with van der Waals surface area (Å²) in [5.74, 6) is -0.0954. The van der Waals surface area contributed by atoms with Gasteiger partial charge in [-0.3, -0.25) is 4.79 Å². The molecule has 96 valence electrons. The molecule has 0 rings (SSSR count). The molecule has 0 N–H and O–H groups in total. The molecule has 0 aliphatic rings. The van der Waals surface area contributed by atoms with Gasteiger partial charge in [0.05, 0.1) is 0 Å². The zero-order chi connectivity index (χ0) is 12.4. The summed E-state index contributed by atoms with van der Waals surface area (Å²) >= 11 is 0. The fourth-order valence-electron chi connectivity index (χ4n) is 1.29. The van der Waals surface area contributed by atoms with Gasteiger partial charge in [0, 0.05) is 19.6 Å². The molecule has 0 unspecified atom stereocenters. The summed E-state index contributed by atoms with van der Waals surface area (Å²) in [4.78, 5) is 11.3. The van der Waals surface area contributed by atoms with Crippen molar-refractivity contribution in [2.75, 3.05) is 13.2 Å². The van der Waals surface area contributed by atoms with E-state index >= 15 is 0 Å². The highest BCUT2D eigenvalue weighted by molar-refractivity contribution is 5.69. The molecule has 0 fully saturated rings. The summed E-state index contributed by atoms with van der Waals surface area (Å²) < 4.78 is 10.6. The molecule has 3 nitrogen and oxygen atoms in total. The Bertz CT molecular complexity index is 182. The SMILES string of the molecule is CCCOCCCCCC(=O)OC(C)(C)C. The number of hydrogen-bond donors (Lipinski definition) is 0. The van der Waals surface area contributed by atoms with Crippen LogP contribution in [0.1, 0.15) is 59.8 Å². The van der Waals surface area contributed by atoms with Gasteiger partial charge in [-0.2, -0.15) is 0 Å². The maximum absolute atomic E-state index is 11.3. The Morgan fingerprint density at radius 2 is 1.75 bits per heavy atom. The minimum absolute atomic E-state index is 0.0954. The van der Waals surface area contributed by atoms with Crippen molar-refractivity contribution >= 4 is 5.97 Å². The Morgan fingerprint density at radius 1 is 1.06 bits per heavy atom. The zero-order valence-corrected chi connectivity index (χ0v) is 11.2. The van der Waals surface area contributed by atoms with Crippen LogP contribution in [0.25, 0.3) is 0 Å². The van der Waals surface area contributed by atoms with Gasteiger partial charge < -0.3 is 9.47 Å². The van der Waals surface area contributed by atoms with Gasteiger partial charge >= 0.3 is 5.97 Å². The van der Waals surface area contributed by atoms with Crippen molar-refractivity contribution in [1.29, 1.82) is 0 Å². The van der Waals surface area contributed by atoms with Gasteiger partial charge in [0.2, 0.25) is 0 Å². The van der Waals surface area contributed by atoms with E-state index in [-0.39, 0.29) is 11.6 Å². The van der Waals surface area contributed by atoms with E-state index in [1.54, 1.807) is 0 Å². The standard InChI is InChI=1S/C13H26O3/c1-5-10-15-11-8-6-7-9-12(14)16-13(2,3)4/h5-11H2,1-4H3. The number of ether oxygens (including phenoxy) is 2. The maximum atomic E-state index is 11.3. The van der Waals surface area contributed by atoms with E-state index in [1.807, 2.05) is 20.8 Å². The first-order valence-electron chi connectivity index (χ1n) is 6.25. The second kappa shape index (κ2) is 8.57. The average Bonchev–Trinajstić information content (AvgIpc) is 2.13. The highest BCUT2D eigenvalue weighted by Crippen LogP contribution is 2.10. The van der Waals surface area contributed by atoms with Crippen LogP contribution in [-0.4, -0.2) is 24.8 Å². The smallest absolute Gasteiger partial charge is 0.306 e. The molecule has 3 heteroatoms. The quantitative estimate of drug-likeness (QED) is 0.474. The minimum atomic E-state index is -0.360. The van der Waals surface area contributed by atoms with Crippen molar-refractivity contribution < 1.29 is 14.3 Å². The Balaban J connectivity index is 3.28. The molecule has 16 heavy (non-hydrogen) atoms. The average molecular weight is 230 g/mol. The molecule has 0 amide bonds. The zero-order valence-electron chi connectivity index (χ0n) is 11.2. The van der Waals surface area contributed by atoms with Crippen LogP contribution >= 0.6 is 0 Å². The van der Waals surface area contributed by atoms with Crippen molar-refractivity contribution in [2.24, 2.45) is 0 Å². The number of esters is 1. The topological polar surface area (TPSA) is 35.5 Å². The van der Waals surface area contributed by atoms with Crippen molar-refractivity contribution in [3.05, 3.63) is 0 Å². The predicted octanol–water partition coefficient (Wildman–Crippen LogP) is 3.32. The van der Waals surface area contributed by atoms with Gasteiger partial charge in [-0.05, 0) is 40.0 Å². The lowest BCUT2D eigenvalue weighted by molar-refractivity contribution is -0.154. The Labute approximate surface area is 99.5 Å². The number of hydrogen-bond acceptors (Lipinski definition) is 3. The Hall–Kier alpha value is -0.570. The van der Waals surface area contributed by atoms with E-state index in [1.165, 1.54) is 0 Å². The van der Waals surface area contributed by atoms with E-state index < -0.39 is 0 Å². The first-order chi connectivity index (χ1) is 7.45. The molecule has 0 aromatic heterocycles. The third-order valence-electron chi connectivity index (χ3n) is 1.94. The number of unbranched alkanes of at least 4 members (excludes halogenated alkanes) is 2. The first-order valence-corrected chi connectivity index (χ1v) is 6.25. The second-order valence-electron chi connectivity index (χ2n) is 5.01. The lowest BCUT2D eigenvalue weighted by atomic mass is 10.1. The van der Waals surface area contributed by atoms with Crippen LogP contribution < -0.4 is 0 Å². The molecule has 0 atom stereocenters. The van der Waals surface area contributed by atoms with Crippen LogP contribution in [0.5, 0.6) is 0 Å². The van der Waals surface area contributed by atoms with Crippen LogP contribution in [-0.2, 0) is 14.3 Å². The van der Waals surface area contributed by atoms with Gasteiger partial charge in [-0.25, -0.2) is 0 Å². The highest BCUT2D eigenvalue weighted by Gasteiger charge is 2.15. The molecule has 0 aliphatic heterocycles. The predicted molar refractivity (Wildman–Crippen MR) is 65.4 cm³/mol. The van der Waals surface area contributed by atoms with Crippen LogP contribution in [0, 0.1) is 0 Å². The first kappa shape index (κ1) is 15.4. The largest absolute Gasteiger partial charge is 0.460 e. The van der Waals surface area contributed by atoms with Gasteiger partial charge in [-0.15, -0.1) is 0 Å². The van der Waals surface area contributed by atoms with E-state index in [9.17, 15) is 4.79 Å². The lowest BCUT2D eigenvalue weighted by Gasteiger charge is -2.19. The summed E-state index contributed by atoms with van der Waals surface area (Å²) in [6.07, 6.45) is 4.54. The third kappa shape index (κ3) is 11.5. The summed E-state index contributed by atoms with van der Waals surface area (Å²) in [5.41, 5.74) is -0.360. The molecule has 0 bridgehead atoms. The second-order valence-corrected chi connectivity index (χ2v) is 5.01. The van der Waals surface area contributed by atoms with Crippen LogP contribution in [0.3, 0.4) is 0 Å². The van der Waals surface area contributed by atoms with Crippen LogP contribution in [0.15, 0.2) is 0 Å². The molecule has 0 spiro atoms. The molecule has 0 radical (unpaired) electrons. The minimum Gasteiger partial charge on any atom is -0.460 e. The number of carbonyl (C=O) groups excluding carboxylic acids is 1. The van der Waals surface area contributed by atoms with Gasteiger partial charge in [0.1, 0.15) is 5.60 Å². The molecule has 0 heterocycles. The molecular formula is C13H26O3. The van der Waals surface area contributed by atoms with Gasteiger partial charge in [-0.1, -0.05) is 13.3 Å². The van der Waals surface area contributed by atoms with Crippen molar-refractivity contribution in [3.8, 4) is 0 Å². The molecule has 0 aliphatic carbocycles. The van der Waals surface area contributed by atoms with E-state index in [0.29, 0.717) is 6.42 Å². The molecule has 0 aromatic rings. The molecule has 0 saturated carbocycles. The van der Waals surface area contributed by atoms with Crippen LogP contribution in [0.4, 0.5) is 0 Å². The summed E-state index contributed by atoms with van der Waals surface area (Å²) in [7, 11) is 0. The summed E-state index contributed by atoms with van der Waals surface area (Å²) in [6.45, 7) is 9.42. The van der Waals surface area contributed by atoms with Crippen LogP contribution in [0.2, 0.25) is 0 Å². The summed E-state index contributed by atoms with van der Waals surface area (Å²) in [5, 5.41) is 0. The normalized spacial score (nSPS) is 11.5. The maximum Gasteiger partial charge on any atom is 0.306 e. The van der Waals surface area contributed by atoms with Crippen molar-refractivity contribution in [3.63, 3.8) is 0 Å². The van der Waals surface area contributed by atoms with Crippen molar-refractivity contribution in [2.45, 2.75) is 65.4 Å².